The number of hydrogen-bond acceptors (Lipinski definition) is 4. The lowest BCUT2D eigenvalue weighted by Gasteiger charge is -2.14. The minimum Gasteiger partial charge on any atom is -0.478 e. The highest BCUT2D eigenvalue weighted by Gasteiger charge is 2.11. The number of pyridine rings is 2. The Kier molecular flexibility index (Phi) is 3.97. The molecule has 0 fully saturated rings. The summed E-state index contributed by atoms with van der Waals surface area (Å²) < 4.78 is 0. The standard InChI is InChI=1S/C13H12ClN3O2/c1-8(10-4-2-3-5-15-10)16-12-7-9(13(18)19)6-11(14)17-12/h2-8H,1H3,(H,16,17)(H,18,19). The molecule has 1 atom stereocenters. The molecule has 2 rings (SSSR count). The summed E-state index contributed by atoms with van der Waals surface area (Å²) in [7, 11) is 0. The quantitative estimate of drug-likeness (QED) is 0.840. The molecule has 2 aromatic rings. The van der Waals surface area contributed by atoms with Crippen molar-refractivity contribution >= 4 is 23.4 Å². The van der Waals surface area contributed by atoms with Gasteiger partial charge in [0.05, 0.1) is 17.3 Å². The van der Waals surface area contributed by atoms with Crippen molar-refractivity contribution in [3.63, 3.8) is 0 Å². The molecule has 0 saturated carbocycles. The molecule has 0 radical (unpaired) electrons. The van der Waals surface area contributed by atoms with Crippen LogP contribution in [0, 0.1) is 0 Å². The average Bonchev–Trinajstić information content (AvgIpc) is 2.39. The van der Waals surface area contributed by atoms with Crippen LogP contribution in [0.3, 0.4) is 0 Å². The molecule has 2 heterocycles. The molecule has 5 nitrogen and oxygen atoms in total. The first-order valence-corrected chi connectivity index (χ1v) is 6.02. The zero-order valence-electron chi connectivity index (χ0n) is 10.2. The van der Waals surface area contributed by atoms with Crippen LogP contribution >= 0.6 is 11.6 Å². The van der Waals surface area contributed by atoms with Gasteiger partial charge in [-0.2, -0.15) is 0 Å². The molecule has 19 heavy (non-hydrogen) atoms. The summed E-state index contributed by atoms with van der Waals surface area (Å²) in [6, 6.07) is 8.23. The van der Waals surface area contributed by atoms with Crippen molar-refractivity contribution in [2.24, 2.45) is 0 Å². The maximum Gasteiger partial charge on any atom is 0.335 e. The van der Waals surface area contributed by atoms with Crippen molar-refractivity contribution in [2.75, 3.05) is 5.32 Å². The zero-order valence-corrected chi connectivity index (χ0v) is 10.9. The number of aromatic carboxylic acids is 1. The Hall–Kier alpha value is -2.14. The largest absolute Gasteiger partial charge is 0.478 e. The van der Waals surface area contributed by atoms with Crippen LogP contribution in [0.1, 0.15) is 29.0 Å². The molecule has 0 bridgehead atoms. The van der Waals surface area contributed by atoms with Crippen molar-refractivity contribution in [1.29, 1.82) is 0 Å². The molecule has 0 aromatic carbocycles. The van der Waals surface area contributed by atoms with Crippen LogP contribution in [0.5, 0.6) is 0 Å². The monoisotopic (exact) mass is 277 g/mol. The third-order valence-corrected chi connectivity index (χ3v) is 2.73. The summed E-state index contributed by atoms with van der Waals surface area (Å²) in [6.07, 6.45) is 1.70. The maximum atomic E-state index is 10.9. The number of hydrogen-bond donors (Lipinski definition) is 2. The Labute approximate surface area is 115 Å². The molecule has 2 N–H and O–H groups in total. The molecular formula is C13H12ClN3O2. The van der Waals surface area contributed by atoms with Crippen molar-refractivity contribution in [3.8, 4) is 0 Å². The van der Waals surface area contributed by atoms with Crippen LogP contribution in [-0.4, -0.2) is 21.0 Å². The van der Waals surface area contributed by atoms with E-state index in [1.807, 2.05) is 25.1 Å². The zero-order chi connectivity index (χ0) is 13.8. The summed E-state index contributed by atoms with van der Waals surface area (Å²) in [5.74, 6) is -0.638. The van der Waals surface area contributed by atoms with Crippen molar-refractivity contribution in [1.82, 2.24) is 9.97 Å². The second kappa shape index (κ2) is 5.67. The fourth-order valence-corrected chi connectivity index (χ4v) is 1.83. The number of nitrogens with zero attached hydrogens (tertiary/aromatic N) is 2. The minimum atomic E-state index is -1.04. The van der Waals surface area contributed by atoms with Gasteiger partial charge in [-0.25, -0.2) is 9.78 Å². The van der Waals surface area contributed by atoms with Gasteiger partial charge in [-0.3, -0.25) is 4.98 Å². The van der Waals surface area contributed by atoms with Crippen molar-refractivity contribution < 1.29 is 9.90 Å². The highest BCUT2D eigenvalue weighted by molar-refractivity contribution is 6.29. The molecule has 1 unspecified atom stereocenters. The smallest absolute Gasteiger partial charge is 0.335 e. The van der Waals surface area contributed by atoms with E-state index in [0.29, 0.717) is 5.82 Å². The Bertz CT molecular complexity index is 590. The van der Waals surface area contributed by atoms with Crippen LogP contribution in [0.15, 0.2) is 36.5 Å². The van der Waals surface area contributed by atoms with Crippen LogP contribution in [-0.2, 0) is 0 Å². The number of carbonyl (C=O) groups is 1. The number of aromatic nitrogens is 2. The Morgan fingerprint density at radius 3 is 2.84 bits per heavy atom. The van der Waals surface area contributed by atoms with Crippen molar-refractivity contribution in [2.45, 2.75) is 13.0 Å². The summed E-state index contributed by atoms with van der Waals surface area (Å²) >= 11 is 5.79. The van der Waals surface area contributed by atoms with Gasteiger partial charge in [-0.15, -0.1) is 0 Å². The lowest BCUT2D eigenvalue weighted by molar-refractivity contribution is 0.0697. The molecular weight excluding hydrogens is 266 g/mol. The van der Waals surface area contributed by atoms with E-state index in [1.165, 1.54) is 12.1 Å². The number of nitrogens with one attached hydrogen (secondary N) is 1. The van der Waals surface area contributed by atoms with Gasteiger partial charge in [0.15, 0.2) is 0 Å². The number of halogens is 1. The Morgan fingerprint density at radius 2 is 2.21 bits per heavy atom. The van der Waals surface area contributed by atoms with Crippen LogP contribution < -0.4 is 5.32 Å². The van der Waals surface area contributed by atoms with Gasteiger partial charge in [-0.1, -0.05) is 17.7 Å². The molecule has 2 aromatic heterocycles. The second-order valence-electron chi connectivity index (χ2n) is 3.99. The number of rotatable bonds is 4. The van der Waals surface area contributed by atoms with E-state index in [4.69, 9.17) is 16.7 Å². The Balaban J connectivity index is 2.21. The summed E-state index contributed by atoms with van der Waals surface area (Å²) in [6.45, 7) is 1.91. The van der Waals surface area contributed by atoms with Crippen LogP contribution in [0.4, 0.5) is 5.82 Å². The van der Waals surface area contributed by atoms with Crippen molar-refractivity contribution in [3.05, 3.63) is 52.9 Å². The fourth-order valence-electron chi connectivity index (χ4n) is 1.62. The SMILES string of the molecule is CC(Nc1cc(C(=O)O)cc(Cl)n1)c1ccccn1. The maximum absolute atomic E-state index is 10.9. The number of carboxylic acids is 1. The predicted octanol–water partition coefficient (Wildman–Crippen LogP) is 3.00. The lowest BCUT2D eigenvalue weighted by atomic mass is 10.2. The summed E-state index contributed by atoms with van der Waals surface area (Å²) in [4.78, 5) is 19.2. The minimum absolute atomic E-state index is 0.0933. The molecule has 6 heteroatoms. The molecule has 0 amide bonds. The first-order chi connectivity index (χ1) is 9.06. The molecule has 0 saturated heterocycles. The topological polar surface area (TPSA) is 75.1 Å². The van der Waals surface area contributed by atoms with E-state index in [-0.39, 0.29) is 16.8 Å². The molecule has 0 aliphatic heterocycles. The molecule has 98 valence electrons. The van der Waals surface area contributed by atoms with Crippen LogP contribution in [0.2, 0.25) is 5.15 Å². The summed E-state index contributed by atoms with van der Waals surface area (Å²) in [5.41, 5.74) is 0.928. The lowest BCUT2D eigenvalue weighted by Crippen LogP contribution is -2.10. The van der Waals surface area contributed by atoms with E-state index in [9.17, 15) is 4.79 Å². The first kappa shape index (κ1) is 13.3. The second-order valence-corrected chi connectivity index (χ2v) is 4.38. The molecule has 0 spiro atoms. The van der Waals surface area contributed by atoms with Gasteiger partial charge in [0.25, 0.3) is 0 Å². The highest BCUT2D eigenvalue weighted by Crippen LogP contribution is 2.19. The van der Waals surface area contributed by atoms with Gasteiger partial charge in [-0.05, 0) is 31.2 Å². The van der Waals surface area contributed by atoms with E-state index in [2.05, 4.69) is 15.3 Å². The fraction of sp³-hybridized carbons (Fsp3) is 0.154. The number of carboxylic acid groups (broad SMARTS) is 1. The van der Waals surface area contributed by atoms with E-state index < -0.39 is 5.97 Å². The summed E-state index contributed by atoms with van der Waals surface area (Å²) in [5, 5.41) is 12.2. The van der Waals surface area contributed by atoms with E-state index in [0.717, 1.165) is 5.69 Å². The normalized spacial score (nSPS) is 11.9. The van der Waals surface area contributed by atoms with Gasteiger partial charge in [0.2, 0.25) is 0 Å². The molecule has 0 aliphatic rings. The van der Waals surface area contributed by atoms with E-state index >= 15 is 0 Å². The highest BCUT2D eigenvalue weighted by atomic mass is 35.5. The molecule has 0 aliphatic carbocycles. The third-order valence-electron chi connectivity index (χ3n) is 2.54. The first-order valence-electron chi connectivity index (χ1n) is 5.64. The third kappa shape index (κ3) is 3.42. The Morgan fingerprint density at radius 1 is 1.42 bits per heavy atom. The van der Waals surface area contributed by atoms with Gasteiger partial charge in [0, 0.05) is 6.20 Å². The van der Waals surface area contributed by atoms with Gasteiger partial charge >= 0.3 is 5.97 Å². The van der Waals surface area contributed by atoms with Gasteiger partial charge < -0.3 is 10.4 Å². The van der Waals surface area contributed by atoms with E-state index in [1.54, 1.807) is 6.20 Å². The van der Waals surface area contributed by atoms with Gasteiger partial charge in [0.1, 0.15) is 11.0 Å². The predicted molar refractivity (Wildman–Crippen MR) is 72.5 cm³/mol. The average molecular weight is 278 g/mol. The van der Waals surface area contributed by atoms with Crippen LogP contribution in [0.25, 0.3) is 0 Å². The number of anilines is 1.